The van der Waals surface area contributed by atoms with Gasteiger partial charge in [-0.3, -0.25) is 0 Å². The monoisotopic (exact) mass is 343 g/mol. The molecule has 0 unspecified atom stereocenters. The molecule has 0 radical (unpaired) electrons. The summed E-state index contributed by atoms with van der Waals surface area (Å²) in [5, 5.41) is 12.7. The quantitative estimate of drug-likeness (QED) is 0.778. The molecular formula is C23H21NO2. The second-order valence-corrected chi connectivity index (χ2v) is 8.19. The third-order valence-electron chi connectivity index (χ3n) is 7.00. The number of hydrogen-bond acceptors (Lipinski definition) is 2. The zero-order chi connectivity index (χ0) is 17.4. The van der Waals surface area contributed by atoms with Crippen LogP contribution in [0.1, 0.15) is 35.8 Å². The highest BCUT2D eigenvalue weighted by Gasteiger charge is 2.50. The predicted molar refractivity (Wildman–Crippen MR) is 103 cm³/mol. The molecule has 2 aliphatic carbocycles. The summed E-state index contributed by atoms with van der Waals surface area (Å²) in [5.74, 6) is 0.627. The number of allylic oxidation sites excluding steroid dienone is 4. The van der Waals surface area contributed by atoms with Crippen molar-refractivity contribution in [1.29, 1.82) is 0 Å². The zero-order valence-corrected chi connectivity index (χ0v) is 14.5. The molecule has 2 heterocycles. The first-order valence-electron chi connectivity index (χ1n) is 9.62. The molecule has 0 spiro atoms. The lowest BCUT2D eigenvalue weighted by atomic mass is 9.70. The van der Waals surface area contributed by atoms with Crippen LogP contribution in [0.2, 0.25) is 0 Å². The van der Waals surface area contributed by atoms with Gasteiger partial charge in [0.2, 0.25) is 0 Å². The number of benzene rings is 2. The van der Waals surface area contributed by atoms with Crippen LogP contribution in [0.25, 0.3) is 10.8 Å². The zero-order valence-electron chi connectivity index (χ0n) is 14.5. The molecule has 0 bridgehead atoms. The van der Waals surface area contributed by atoms with E-state index in [1.54, 1.807) is 0 Å². The number of hydrogen-bond donors (Lipinski definition) is 1. The van der Waals surface area contributed by atoms with Crippen LogP contribution >= 0.6 is 0 Å². The van der Waals surface area contributed by atoms with Crippen LogP contribution in [0.15, 0.2) is 54.6 Å². The van der Waals surface area contributed by atoms with Gasteiger partial charge < -0.3 is 10.0 Å². The molecule has 26 heavy (non-hydrogen) atoms. The lowest BCUT2D eigenvalue weighted by Crippen LogP contribution is -2.54. The molecule has 0 saturated heterocycles. The second kappa shape index (κ2) is 5.00. The van der Waals surface area contributed by atoms with E-state index >= 15 is 0 Å². The summed E-state index contributed by atoms with van der Waals surface area (Å²) >= 11 is 0. The Bertz CT molecular complexity index is 1000. The molecule has 0 amide bonds. The number of aliphatic carboxylic acids is 1. The van der Waals surface area contributed by atoms with Crippen LogP contribution < -0.4 is 4.90 Å². The largest absolute Gasteiger partial charge is 0.480 e. The summed E-state index contributed by atoms with van der Waals surface area (Å²) in [5.41, 5.74) is 3.93. The lowest BCUT2D eigenvalue weighted by molar-refractivity contribution is -0.140. The maximum Gasteiger partial charge on any atom is 0.326 e. The number of carboxylic acids is 1. The number of carboxylic acid groups (broad SMARTS) is 1. The van der Waals surface area contributed by atoms with Gasteiger partial charge >= 0.3 is 5.97 Å². The topological polar surface area (TPSA) is 40.5 Å². The summed E-state index contributed by atoms with van der Waals surface area (Å²) in [6.07, 6.45) is 11.0. The van der Waals surface area contributed by atoms with Crippen molar-refractivity contribution >= 4 is 22.4 Å². The van der Waals surface area contributed by atoms with Gasteiger partial charge in [-0.1, -0.05) is 48.6 Å². The number of fused-ring (bicyclic) bond motifs is 6. The van der Waals surface area contributed by atoms with Crippen molar-refractivity contribution in [2.24, 2.45) is 11.8 Å². The Morgan fingerprint density at radius 2 is 1.88 bits per heavy atom. The molecule has 0 aromatic heterocycles. The molecule has 0 saturated carbocycles. The van der Waals surface area contributed by atoms with Crippen LogP contribution in [-0.2, 0) is 4.79 Å². The van der Waals surface area contributed by atoms with Crippen molar-refractivity contribution in [3.05, 3.63) is 65.8 Å². The van der Waals surface area contributed by atoms with Crippen molar-refractivity contribution in [3.63, 3.8) is 0 Å². The SMILES string of the molecule is O=C(O)[C@@H]1[C@H]2CC=C[C@H]2c2c3c(cc4ccccc24)[C@H]2C=CC[C@H]2CN31. The number of nitrogens with zero attached hydrogens (tertiary/aromatic N) is 1. The van der Waals surface area contributed by atoms with Crippen LogP contribution in [0.4, 0.5) is 5.69 Å². The van der Waals surface area contributed by atoms with Crippen molar-refractivity contribution in [3.8, 4) is 0 Å². The van der Waals surface area contributed by atoms with Crippen LogP contribution in [0, 0.1) is 11.8 Å². The minimum Gasteiger partial charge on any atom is -0.480 e. The molecule has 3 heteroatoms. The van der Waals surface area contributed by atoms with Gasteiger partial charge in [-0.25, -0.2) is 4.79 Å². The Hall–Kier alpha value is -2.55. The standard InChI is InChI=1S/C23H21NO2/c25-23(26)22-18-10-4-9-17(18)20-16-7-2-1-5-13(16)11-19-15-8-3-6-14(15)12-24(22)21(19)20/h1-5,7-9,11,14-15,17-18,22H,6,10,12H2,(H,25,26)/t14-,15-,17+,18-,22-/m0/s1. The fraction of sp³-hybridized carbons (Fsp3) is 0.348. The summed E-state index contributed by atoms with van der Waals surface area (Å²) in [4.78, 5) is 14.5. The fourth-order valence-electron chi connectivity index (χ4n) is 6.00. The van der Waals surface area contributed by atoms with E-state index in [1.807, 2.05) is 0 Å². The van der Waals surface area contributed by atoms with E-state index < -0.39 is 12.0 Å². The molecule has 130 valence electrons. The van der Waals surface area contributed by atoms with Crippen LogP contribution in [0.5, 0.6) is 0 Å². The maximum atomic E-state index is 12.3. The normalized spacial score (nSPS) is 33.2. The fourth-order valence-corrected chi connectivity index (χ4v) is 6.00. The third-order valence-corrected chi connectivity index (χ3v) is 7.00. The van der Waals surface area contributed by atoms with E-state index in [2.05, 4.69) is 59.5 Å². The van der Waals surface area contributed by atoms with E-state index in [4.69, 9.17) is 0 Å². The highest BCUT2D eigenvalue weighted by atomic mass is 16.4. The Kier molecular flexibility index (Phi) is 2.81. The number of rotatable bonds is 1. The Balaban J connectivity index is 1.72. The maximum absolute atomic E-state index is 12.3. The third kappa shape index (κ3) is 1.71. The lowest BCUT2D eigenvalue weighted by Gasteiger charge is -2.49. The van der Waals surface area contributed by atoms with E-state index in [0.717, 1.165) is 19.4 Å². The van der Waals surface area contributed by atoms with Gasteiger partial charge in [0.1, 0.15) is 6.04 Å². The summed E-state index contributed by atoms with van der Waals surface area (Å²) in [6, 6.07) is 10.5. The van der Waals surface area contributed by atoms with Gasteiger partial charge in [-0.15, -0.1) is 0 Å². The van der Waals surface area contributed by atoms with Gasteiger partial charge in [0, 0.05) is 30.0 Å². The molecule has 2 aromatic carbocycles. The van der Waals surface area contributed by atoms with Crippen LogP contribution in [-0.4, -0.2) is 23.7 Å². The van der Waals surface area contributed by atoms with Gasteiger partial charge in [0.25, 0.3) is 0 Å². The number of carbonyl (C=O) groups is 1. The second-order valence-electron chi connectivity index (χ2n) is 8.19. The van der Waals surface area contributed by atoms with E-state index in [0.29, 0.717) is 11.8 Å². The first kappa shape index (κ1) is 14.6. The molecule has 1 N–H and O–H groups in total. The van der Waals surface area contributed by atoms with Gasteiger partial charge in [-0.05, 0) is 46.7 Å². The highest BCUT2D eigenvalue weighted by molar-refractivity contribution is 5.96. The van der Waals surface area contributed by atoms with E-state index in [1.165, 1.54) is 27.6 Å². The summed E-state index contributed by atoms with van der Waals surface area (Å²) < 4.78 is 0. The molecule has 5 atom stereocenters. The van der Waals surface area contributed by atoms with Gasteiger partial charge in [0.15, 0.2) is 0 Å². The summed E-state index contributed by atoms with van der Waals surface area (Å²) in [6.45, 7) is 0.857. The first-order chi connectivity index (χ1) is 12.7. The summed E-state index contributed by atoms with van der Waals surface area (Å²) in [7, 11) is 0. The smallest absolute Gasteiger partial charge is 0.326 e. The van der Waals surface area contributed by atoms with Crippen molar-refractivity contribution in [1.82, 2.24) is 0 Å². The van der Waals surface area contributed by atoms with Crippen molar-refractivity contribution in [2.45, 2.75) is 30.7 Å². The van der Waals surface area contributed by atoms with Crippen molar-refractivity contribution < 1.29 is 9.90 Å². The molecule has 4 aliphatic rings. The molecule has 2 aromatic rings. The predicted octanol–water partition coefficient (Wildman–Crippen LogP) is 4.45. The van der Waals surface area contributed by atoms with Crippen molar-refractivity contribution in [2.75, 3.05) is 11.4 Å². The van der Waals surface area contributed by atoms with Gasteiger partial charge in [0.05, 0.1) is 0 Å². The van der Waals surface area contributed by atoms with Gasteiger partial charge in [-0.2, -0.15) is 0 Å². The Labute approximate surface area is 152 Å². The molecular weight excluding hydrogens is 322 g/mol. The van der Waals surface area contributed by atoms with E-state index in [9.17, 15) is 9.90 Å². The molecule has 6 rings (SSSR count). The Morgan fingerprint density at radius 1 is 1.08 bits per heavy atom. The average molecular weight is 343 g/mol. The minimum absolute atomic E-state index is 0.143. The molecule has 0 fully saturated rings. The molecule has 2 aliphatic heterocycles. The molecule has 3 nitrogen and oxygen atoms in total. The average Bonchev–Trinajstić information content (AvgIpc) is 3.30. The minimum atomic E-state index is -0.669. The van der Waals surface area contributed by atoms with Crippen LogP contribution in [0.3, 0.4) is 0 Å². The highest BCUT2D eigenvalue weighted by Crippen LogP contribution is 2.56. The first-order valence-corrected chi connectivity index (χ1v) is 9.62. The Morgan fingerprint density at radius 3 is 2.77 bits per heavy atom. The van der Waals surface area contributed by atoms with E-state index in [-0.39, 0.29) is 11.8 Å². The number of anilines is 1.